The van der Waals surface area contributed by atoms with Gasteiger partial charge in [0.25, 0.3) is 0 Å². The Morgan fingerprint density at radius 1 is 1.09 bits per heavy atom. The lowest BCUT2D eigenvalue weighted by atomic mass is 9.89. The zero-order valence-electron chi connectivity index (χ0n) is 19.3. The van der Waals surface area contributed by atoms with Crippen LogP contribution >= 0.6 is 11.3 Å². The van der Waals surface area contributed by atoms with Gasteiger partial charge in [0.2, 0.25) is 5.91 Å². The zero-order valence-corrected chi connectivity index (χ0v) is 20.1. The van der Waals surface area contributed by atoms with Gasteiger partial charge in [-0.3, -0.25) is 10.1 Å². The van der Waals surface area contributed by atoms with E-state index < -0.39 is 11.7 Å². The number of ether oxygens (including phenoxy) is 1. The van der Waals surface area contributed by atoms with E-state index in [2.05, 4.69) is 15.6 Å². The number of hydrogen-bond acceptors (Lipinski definition) is 6. The second-order valence-electron chi connectivity index (χ2n) is 9.24. The number of thiazole rings is 1. The number of fused-ring (bicyclic) bond motifs is 1. The molecule has 2 amide bonds. The maximum absolute atomic E-state index is 12.7. The predicted molar refractivity (Wildman–Crippen MR) is 133 cm³/mol. The number of benzene rings is 2. The van der Waals surface area contributed by atoms with Crippen LogP contribution in [0, 0.1) is 0 Å². The highest BCUT2D eigenvalue weighted by atomic mass is 32.1. The van der Waals surface area contributed by atoms with Crippen LogP contribution in [0.3, 0.4) is 0 Å². The Morgan fingerprint density at radius 3 is 2.45 bits per heavy atom. The molecule has 2 N–H and O–H groups in total. The summed E-state index contributed by atoms with van der Waals surface area (Å²) in [5.74, 6) is 0.506. The number of nitrogens with one attached hydrogen (secondary N) is 2. The third kappa shape index (κ3) is 6.22. The number of hydrogen-bond donors (Lipinski definition) is 2. The zero-order chi connectivity index (χ0) is 23.4. The summed E-state index contributed by atoms with van der Waals surface area (Å²) in [6.45, 7) is 7.25. The van der Waals surface area contributed by atoms with Crippen LogP contribution in [0.1, 0.15) is 45.1 Å². The van der Waals surface area contributed by atoms with Crippen molar-refractivity contribution in [1.29, 1.82) is 0 Å². The first-order valence-corrected chi connectivity index (χ1v) is 12.1. The molecule has 0 radical (unpaired) electrons. The lowest BCUT2D eigenvalue weighted by Crippen LogP contribution is -2.40. The molecule has 0 spiro atoms. The highest BCUT2D eigenvalue weighted by molar-refractivity contribution is 7.22. The third-order valence-corrected chi connectivity index (χ3v) is 6.55. The Bertz CT molecular complexity index is 1080. The molecule has 3 aromatic rings. The molecule has 0 unspecified atom stereocenters. The number of carbonyl (C=O) groups excluding carboxylic acids is 2. The van der Waals surface area contributed by atoms with E-state index in [4.69, 9.17) is 4.74 Å². The van der Waals surface area contributed by atoms with Crippen molar-refractivity contribution >= 4 is 44.4 Å². The van der Waals surface area contributed by atoms with E-state index in [1.54, 1.807) is 11.3 Å². The molecule has 1 aliphatic heterocycles. The van der Waals surface area contributed by atoms with E-state index >= 15 is 0 Å². The fourth-order valence-corrected chi connectivity index (χ4v) is 4.79. The molecule has 1 saturated heterocycles. The maximum Gasteiger partial charge on any atom is 0.412 e. The first-order chi connectivity index (χ1) is 15.8. The molecule has 4 rings (SSSR count). The predicted octanol–water partition coefficient (Wildman–Crippen LogP) is 5.46. The summed E-state index contributed by atoms with van der Waals surface area (Å²) in [5, 5.41) is 6.72. The van der Waals surface area contributed by atoms with Crippen LogP contribution in [0.25, 0.3) is 10.2 Å². The van der Waals surface area contributed by atoms with Crippen molar-refractivity contribution in [3.05, 3.63) is 54.1 Å². The quantitative estimate of drug-likeness (QED) is 0.522. The van der Waals surface area contributed by atoms with E-state index in [9.17, 15) is 9.59 Å². The monoisotopic (exact) mass is 466 g/mol. The molecule has 2 aromatic carbocycles. The Hall–Kier alpha value is -3.13. The molecule has 1 aliphatic rings. The number of likely N-dealkylation sites (tertiary alicyclic amines) is 1. The summed E-state index contributed by atoms with van der Waals surface area (Å²) < 4.78 is 6.40. The van der Waals surface area contributed by atoms with Gasteiger partial charge in [-0.1, -0.05) is 35.6 Å². The van der Waals surface area contributed by atoms with Gasteiger partial charge in [0, 0.05) is 18.8 Å². The van der Waals surface area contributed by atoms with E-state index in [-0.39, 0.29) is 12.5 Å². The summed E-state index contributed by atoms with van der Waals surface area (Å²) in [5.41, 5.74) is 2.36. The fourth-order valence-electron chi connectivity index (χ4n) is 3.93. The van der Waals surface area contributed by atoms with Crippen molar-refractivity contribution < 1.29 is 14.3 Å². The molecule has 0 atom stereocenters. The smallest absolute Gasteiger partial charge is 0.412 e. The first-order valence-electron chi connectivity index (χ1n) is 11.2. The molecule has 8 heteroatoms. The minimum absolute atomic E-state index is 0.101. The van der Waals surface area contributed by atoms with Gasteiger partial charge < -0.3 is 15.0 Å². The first kappa shape index (κ1) is 23.0. The number of carbonyl (C=O) groups is 2. The summed E-state index contributed by atoms with van der Waals surface area (Å²) in [4.78, 5) is 31.0. The minimum Gasteiger partial charge on any atom is -0.444 e. The Kier molecular flexibility index (Phi) is 6.83. The molecule has 1 fully saturated rings. The lowest BCUT2D eigenvalue weighted by Gasteiger charge is -2.32. The van der Waals surface area contributed by atoms with Crippen LogP contribution in [0.2, 0.25) is 0 Å². The maximum atomic E-state index is 12.7. The van der Waals surface area contributed by atoms with Crippen LogP contribution in [-0.2, 0) is 9.53 Å². The second kappa shape index (κ2) is 9.79. The molecule has 33 heavy (non-hydrogen) atoms. The number of aromatic nitrogens is 1. The fraction of sp³-hybridized carbons (Fsp3) is 0.400. The average molecular weight is 467 g/mol. The van der Waals surface area contributed by atoms with E-state index in [0.29, 0.717) is 11.6 Å². The van der Waals surface area contributed by atoms with Crippen LogP contribution in [-0.4, -0.2) is 47.1 Å². The van der Waals surface area contributed by atoms with Gasteiger partial charge in [0.1, 0.15) is 5.60 Å². The van der Waals surface area contributed by atoms with Gasteiger partial charge >= 0.3 is 6.09 Å². The lowest BCUT2D eigenvalue weighted by molar-refractivity contribution is -0.130. The third-order valence-electron chi connectivity index (χ3n) is 5.56. The number of rotatable bonds is 5. The summed E-state index contributed by atoms with van der Waals surface area (Å²) in [6.07, 6.45) is 1.39. The second-order valence-corrected chi connectivity index (χ2v) is 10.3. The van der Waals surface area contributed by atoms with Crippen molar-refractivity contribution in [3.8, 4) is 0 Å². The van der Waals surface area contributed by atoms with Gasteiger partial charge in [-0.2, -0.15) is 0 Å². The van der Waals surface area contributed by atoms with Crippen LogP contribution in [0.15, 0.2) is 48.5 Å². The van der Waals surface area contributed by atoms with Crippen molar-refractivity contribution in [1.82, 2.24) is 9.88 Å². The molecular weight excluding hydrogens is 436 g/mol. The van der Waals surface area contributed by atoms with Gasteiger partial charge in [0.15, 0.2) is 5.13 Å². The SMILES string of the molecule is CC(C)(C)OC(=O)Nc1ccc(C2CCN(C(=O)CNc3nc4ccccc4s3)CC2)cc1. The van der Waals surface area contributed by atoms with Crippen LogP contribution < -0.4 is 10.6 Å². The van der Waals surface area contributed by atoms with Crippen molar-refractivity contribution in [3.63, 3.8) is 0 Å². The molecule has 1 aromatic heterocycles. The van der Waals surface area contributed by atoms with Gasteiger partial charge in [0.05, 0.1) is 16.8 Å². The van der Waals surface area contributed by atoms with E-state index in [1.165, 1.54) is 5.56 Å². The molecule has 0 saturated carbocycles. The molecule has 0 bridgehead atoms. The molecule has 174 valence electrons. The number of amides is 2. The van der Waals surface area contributed by atoms with Crippen LogP contribution in [0.4, 0.5) is 15.6 Å². The molecule has 7 nitrogen and oxygen atoms in total. The van der Waals surface area contributed by atoms with Crippen molar-refractivity contribution in [2.45, 2.75) is 45.1 Å². The highest BCUT2D eigenvalue weighted by Crippen LogP contribution is 2.29. The number of piperidine rings is 1. The Labute approximate surface area is 198 Å². The number of nitrogens with zero attached hydrogens (tertiary/aromatic N) is 2. The highest BCUT2D eigenvalue weighted by Gasteiger charge is 2.24. The van der Waals surface area contributed by atoms with Gasteiger partial charge in [-0.15, -0.1) is 0 Å². The largest absolute Gasteiger partial charge is 0.444 e. The van der Waals surface area contributed by atoms with E-state index in [1.807, 2.05) is 74.2 Å². The average Bonchev–Trinajstić information content (AvgIpc) is 3.20. The minimum atomic E-state index is -0.528. The summed E-state index contributed by atoms with van der Waals surface area (Å²) in [6, 6.07) is 15.9. The van der Waals surface area contributed by atoms with Gasteiger partial charge in [-0.05, 0) is 69.4 Å². The normalized spacial score (nSPS) is 14.8. The Balaban J connectivity index is 1.24. The van der Waals surface area contributed by atoms with Crippen molar-refractivity contribution in [2.75, 3.05) is 30.3 Å². The Morgan fingerprint density at radius 2 is 1.79 bits per heavy atom. The van der Waals surface area contributed by atoms with Crippen molar-refractivity contribution in [2.24, 2.45) is 0 Å². The van der Waals surface area contributed by atoms with Crippen LogP contribution in [0.5, 0.6) is 0 Å². The summed E-state index contributed by atoms with van der Waals surface area (Å²) >= 11 is 1.56. The molecule has 2 heterocycles. The molecule has 0 aliphatic carbocycles. The van der Waals surface area contributed by atoms with Gasteiger partial charge in [-0.25, -0.2) is 9.78 Å². The number of para-hydroxylation sites is 1. The summed E-state index contributed by atoms with van der Waals surface area (Å²) in [7, 11) is 0. The number of anilines is 2. The topological polar surface area (TPSA) is 83.6 Å². The molecular formula is C25H30N4O3S. The van der Waals surface area contributed by atoms with E-state index in [0.717, 1.165) is 41.3 Å². The standard InChI is InChI=1S/C25H30N4O3S/c1-25(2,3)32-24(31)27-19-10-8-17(9-11-19)18-12-14-29(15-13-18)22(30)16-26-23-28-20-6-4-5-7-21(20)33-23/h4-11,18H,12-16H2,1-3H3,(H,26,28)(H,27,31).